The fourth-order valence-electron chi connectivity index (χ4n) is 1.92. The van der Waals surface area contributed by atoms with E-state index in [1.807, 2.05) is 6.07 Å². The number of hydrogen-bond donors (Lipinski definition) is 0. The third kappa shape index (κ3) is 1.85. The van der Waals surface area contributed by atoms with E-state index >= 15 is 0 Å². The van der Waals surface area contributed by atoms with Gasteiger partial charge in [-0.2, -0.15) is 0 Å². The quantitative estimate of drug-likeness (QED) is 0.691. The predicted octanol–water partition coefficient (Wildman–Crippen LogP) is 4.28. The van der Waals surface area contributed by atoms with Crippen LogP contribution >= 0.6 is 11.6 Å². The van der Waals surface area contributed by atoms with Gasteiger partial charge in [0.2, 0.25) is 0 Å². The van der Waals surface area contributed by atoms with E-state index in [9.17, 15) is 0 Å². The Morgan fingerprint density at radius 2 is 2.21 bits per heavy atom. The Labute approximate surface area is 90.6 Å². The van der Waals surface area contributed by atoms with Crippen molar-refractivity contribution in [2.45, 2.75) is 25.7 Å². The van der Waals surface area contributed by atoms with E-state index in [2.05, 4.69) is 25.1 Å². The lowest BCUT2D eigenvalue weighted by atomic mass is 10.0. The molecule has 0 amide bonds. The topological polar surface area (TPSA) is 0 Å². The van der Waals surface area contributed by atoms with Gasteiger partial charge in [-0.05, 0) is 48.1 Å². The standard InChI is InChI=1S/C13H14Cl/c1-2-3-4-10-5-6-11-7-8-12(14)9-13(10)11/h5,7-9H,1-4,6H2. The van der Waals surface area contributed by atoms with E-state index in [1.54, 1.807) is 0 Å². The Bertz CT molecular complexity index is 363. The highest BCUT2D eigenvalue weighted by molar-refractivity contribution is 6.30. The summed E-state index contributed by atoms with van der Waals surface area (Å²) in [5.41, 5.74) is 4.21. The van der Waals surface area contributed by atoms with Gasteiger partial charge in [-0.15, -0.1) is 0 Å². The maximum Gasteiger partial charge on any atom is 0.0412 e. The fourth-order valence-corrected chi connectivity index (χ4v) is 2.09. The van der Waals surface area contributed by atoms with Crippen LogP contribution in [0.15, 0.2) is 24.3 Å². The lowest BCUT2D eigenvalue weighted by Crippen LogP contribution is -1.85. The Hall–Kier alpha value is -0.750. The molecule has 0 heterocycles. The molecule has 0 aliphatic heterocycles. The minimum absolute atomic E-state index is 0.839. The first kappa shape index (κ1) is 9.79. The van der Waals surface area contributed by atoms with Crippen molar-refractivity contribution >= 4 is 17.2 Å². The third-order valence-electron chi connectivity index (χ3n) is 2.68. The van der Waals surface area contributed by atoms with E-state index in [4.69, 9.17) is 11.6 Å². The highest BCUT2D eigenvalue weighted by Gasteiger charge is 2.13. The van der Waals surface area contributed by atoms with Crippen LogP contribution in [0.4, 0.5) is 0 Å². The first-order chi connectivity index (χ1) is 6.81. The molecular formula is C13H14Cl. The number of fused-ring (bicyclic) bond motifs is 1. The molecule has 1 radical (unpaired) electrons. The van der Waals surface area contributed by atoms with Crippen molar-refractivity contribution < 1.29 is 0 Å². The Kier molecular flexibility index (Phi) is 2.93. The minimum Gasteiger partial charge on any atom is -0.0843 e. The summed E-state index contributed by atoms with van der Waals surface area (Å²) in [5.74, 6) is 0. The van der Waals surface area contributed by atoms with Gasteiger partial charge in [0.15, 0.2) is 0 Å². The summed E-state index contributed by atoms with van der Waals surface area (Å²) in [7, 11) is 0. The second kappa shape index (κ2) is 4.18. The lowest BCUT2D eigenvalue weighted by molar-refractivity contribution is 0.878. The molecule has 14 heavy (non-hydrogen) atoms. The van der Waals surface area contributed by atoms with Crippen LogP contribution in [0.25, 0.3) is 5.57 Å². The highest BCUT2D eigenvalue weighted by Crippen LogP contribution is 2.32. The van der Waals surface area contributed by atoms with Crippen molar-refractivity contribution in [3.05, 3.63) is 47.3 Å². The third-order valence-corrected chi connectivity index (χ3v) is 2.92. The van der Waals surface area contributed by atoms with Gasteiger partial charge in [0, 0.05) is 5.02 Å². The SMILES string of the molecule is [CH2]CCCC1=CCc2ccc(Cl)cc21. The van der Waals surface area contributed by atoms with E-state index in [-0.39, 0.29) is 0 Å². The van der Waals surface area contributed by atoms with Gasteiger partial charge in [-0.1, -0.05) is 37.1 Å². The zero-order chi connectivity index (χ0) is 9.97. The molecule has 1 heteroatoms. The highest BCUT2D eigenvalue weighted by atomic mass is 35.5. The number of hydrogen-bond acceptors (Lipinski definition) is 0. The van der Waals surface area contributed by atoms with Crippen LogP contribution in [0.1, 0.15) is 30.4 Å². The van der Waals surface area contributed by atoms with Crippen molar-refractivity contribution in [2.24, 2.45) is 0 Å². The molecule has 0 atom stereocenters. The second-order valence-electron chi connectivity index (χ2n) is 3.69. The van der Waals surface area contributed by atoms with E-state index in [1.165, 1.54) is 16.7 Å². The van der Waals surface area contributed by atoms with Gasteiger partial charge in [0.1, 0.15) is 0 Å². The summed E-state index contributed by atoms with van der Waals surface area (Å²) in [5, 5.41) is 0.839. The smallest absolute Gasteiger partial charge is 0.0412 e. The number of rotatable bonds is 3. The van der Waals surface area contributed by atoms with Gasteiger partial charge in [0.25, 0.3) is 0 Å². The molecule has 2 rings (SSSR count). The zero-order valence-electron chi connectivity index (χ0n) is 8.22. The number of allylic oxidation sites excluding steroid dienone is 2. The predicted molar refractivity (Wildman–Crippen MR) is 62.3 cm³/mol. The van der Waals surface area contributed by atoms with E-state index < -0.39 is 0 Å². The summed E-state index contributed by atoms with van der Waals surface area (Å²) in [6, 6.07) is 6.18. The largest absolute Gasteiger partial charge is 0.0843 e. The molecule has 1 aromatic rings. The molecule has 1 aromatic carbocycles. The molecule has 1 aliphatic rings. The van der Waals surface area contributed by atoms with Crippen LogP contribution in [0.3, 0.4) is 0 Å². The summed E-state index contributed by atoms with van der Waals surface area (Å²) in [6.45, 7) is 3.87. The van der Waals surface area contributed by atoms with Crippen molar-refractivity contribution in [3.8, 4) is 0 Å². The van der Waals surface area contributed by atoms with Gasteiger partial charge >= 0.3 is 0 Å². The van der Waals surface area contributed by atoms with Crippen molar-refractivity contribution in [3.63, 3.8) is 0 Å². The van der Waals surface area contributed by atoms with Crippen molar-refractivity contribution in [1.82, 2.24) is 0 Å². The average Bonchev–Trinajstić information content (AvgIpc) is 2.57. The zero-order valence-corrected chi connectivity index (χ0v) is 8.98. The molecule has 0 fully saturated rings. The normalized spacial score (nSPS) is 14.0. The maximum atomic E-state index is 5.98. The summed E-state index contributed by atoms with van der Waals surface area (Å²) < 4.78 is 0. The minimum atomic E-state index is 0.839. The monoisotopic (exact) mass is 205 g/mol. The van der Waals surface area contributed by atoms with E-state index in [0.29, 0.717) is 0 Å². The molecule has 73 valence electrons. The van der Waals surface area contributed by atoms with Crippen LogP contribution in [0, 0.1) is 6.92 Å². The molecule has 0 unspecified atom stereocenters. The molecule has 0 nitrogen and oxygen atoms in total. The van der Waals surface area contributed by atoms with Gasteiger partial charge in [0.05, 0.1) is 0 Å². The van der Waals surface area contributed by atoms with Crippen molar-refractivity contribution in [2.75, 3.05) is 0 Å². The van der Waals surface area contributed by atoms with Crippen LogP contribution in [0.5, 0.6) is 0 Å². The van der Waals surface area contributed by atoms with E-state index in [0.717, 1.165) is 30.7 Å². The molecule has 0 spiro atoms. The van der Waals surface area contributed by atoms with Crippen LogP contribution < -0.4 is 0 Å². The van der Waals surface area contributed by atoms with Gasteiger partial charge in [-0.25, -0.2) is 0 Å². The number of halogens is 1. The van der Waals surface area contributed by atoms with Crippen LogP contribution in [0.2, 0.25) is 5.02 Å². The number of benzene rings is 1. The fraction of sp³-hybridized carbons (Fsp3) is 0.308. The lowest BCUT2D eigenvalue weighted by Gasteiger charge is -2.05. The number of unbranched alkanes of at least 4 members (excludes halogenated alkanes) is 1. The average molecular weight is 206 g/mol. The molecule has 0 aromatic heterocycles. The second-order valence-corrected chi connectivity index (χ2v) is 4.13. The van der Waals surface area contributed by atoms with Gasteiger partial charge < -0.3 is 0 Å². The van der Waals surface area contributed by atoms with Crippen LogP contribution in [-0.2, 0) is 6.42 Å². The summed E-state index contributed by atoms with van der Waals surface area (Å²) in [4.78, 5) is 0. The maximum absolute atomic E-state index is 5.98. The Morgan fingerprint density at radius 1 is 1.36 bits per heavy atom. The first-order valence-corrected chi connectivity index (χ1v) is 5.46. The molecule has 0 saturated carbocycles. The van der Waals surface area contributed by atoms with Crippen molar-refractivity contribution in [1.29, 1.82) is 0 Å². The summed E-state index contributed by atoms with van der Waals surface area (Å²) in [6.07, 6.45) is 6.69. The Morgan fingerprint density at radius 3 is 3.00 bits per heavy atom. The summed E-state index contributed by atoms with van der Waals surface area (Å²) >= 11 is 5.98. The molecule has 0 saturated heterocycles. The van der Waals surface area contributed by atoms with Gasteiger partial charge in [-0.3, -0.25) is 0 Å². The molecule has 0 N–H and O–H groups in total. The molecule has 0 bridgehead atoms. The molecule has 1 aliphatic carbocycles. The van der Waals surface area contributed by atoms with Crippen LogP contribution in [-0.4, -0.2) is 0 Å². The molecular weight excluding hydrogens is 192 g/mol. The first-order valence-electron chi connectivity index (χ1n) is 5.08. The Balaban J connectivity index is 2.22.